The Balaban J connectivity index is 1.10. The minimum atomic E-state index is 1.15. The second-order valence-electron chi connectivity index (χ2n) is 13.0. The SMILES string of the molecule is c1ccc(-c2ccc(-c3cccc(-n4c5ccccc5c5cc(-c6ccc7c8ccccc8n(-c8ccccc8)c7c6)ccc54)c3)cc2)cc1. The molecule has 8 aromatic carbocycles. The summed E-state index contributed by atoms with van der Waals surface area (Å²) in [6.45, 7) is 0. The molecule has 0 spiro atoms. The van der Waals surface area contributed by atoms with Gasteiger partial charge in [0.05, 0.1) is 22.1 Å². The van der Waals surface area contributed by atoms with Gasteiger partial charge in [0.15, 0.2) is 0 Å². The quantitative estimate of drug-likeness (QED) is 0.178. The number of aromatic nitrogens is 2. The maximum atomic E-state index is 2.41. The minimum Gasteiger partial charge on any atom is -0.309 e. The van der Waals surface area contributed by atoms with Gasteiger partial charge in [0.2, 0.25) is 0 Å². The molecule has 234 valence electrons. The van der Waals surface area contributed by atoms with Gasteiger partial charge in [0, 0.05) is 32.9 Å². The summed E-state index contributed by atoms with van der Waals surface area (Å²) in [6, 6.07) is 70.4. The molecule has 0 aliphatic rings. The molecule has 2 heterocycles. The lowest BCUT2D eigenvalue weighted by molar-refractivity contribution is 1.18. The lowest BCUT2D eigenvalue weighted by Gasteiger charge is -2.11. The molecule has 2 aromatic heterocycles. The Labute approximate surface area is 290 Å². The van der Waals surface area contributed by atoms with Gasteiger partial charge < -0.3 is 9.13 Å². The van der Waals surface area contributed by atoms with Gasteiger partial charge in [-0.25, -0.2) is 0 Å². The zero-order valence-corrected chi connectivity index (χ0v) is 27.4. The lowest BCUT2D eigenvalue weighted by atomic mass is 10.00. The summed E-state index contributed by atoms with van der Waals surface area (Å²) < 4.78 is 4.80. The fourth-order valence-electron chi connectivity index (χ4n) is 7.75. The molecule has 0 unspecified atom stereocenters. The van der Waals surface area contributed by atoms with Crippen molar-refractivity contribution in [3.05, 3.63) is 194 Å². The van der Waals surface area contributed by atoms with Crippen LogP contribution in [0.3, 0.4) is 0 Å². The van der Waals surface area contributed by atoms with E-state index in [4.69, 9.17) is 0 Å². The standard InChI is InChI=1S/C48H32N2/c1-3-12-33(13-4-1)34-22-24-35(25-23-34)36-14-11-17-40(30-36)50-46-21-10-8-19-42(46)44-31-37(27-29-47(44)50)38-26-28-43-41-18-7-9-20-45(41)49(48(43)32-38)39-15-5-2-6-16-39/h1-32H. The van der Waals surface area contributed by atoms with Crippen LogP contribution in [0.15, 0.2) is 194 Å². The predicted molar refractivity (Wildman–Crippen MR) is 211 cm³/mol. The van der Waals surface area contributed by atoms with Gasteiger partial charge in [0.1, 0.15) is 0 Å². The number of benzene rings is 8. The van der Waals surface area contributed by atoms with Crippen LogP contribution in [0, 0.1) is 0 Å². The van der Waals surface area contributed by atoms with Gasteiger partial charge >= 0.3 is 0 Å². The number of hydrogen-bond acceptors (Lipinski definition) is 0. The third-order valence-corrected chi connectivity index (χ3v) is 10.1. The van der Waals surface area contributed by atoms with Crippen molar-refractivity contribution in [1.82, 2.24) is 9.13 Å². The maximum Gasteiger partial charge on any atom is 0.0547 e. The molecule has 0 atom stereocenters. The van der Waals surface area contributed by atoms with E-state index in [1.54, 1.807) is 0 Å². The highest BCUT2D eigenvalue weighted by Gasteiger charge is 2.16. The van der Waals surface area contributed by atoms with E-state index >= 15 is 0 Å². The zero-order valence-electron chi connectivity index (χ0n) is 27.4. The molecule has 50 heavy (non-hydrogen) atoms. The van der Waals surface area contributed by atoms with E-state index in [2.05, 4.69) is 203 Å². The van der Waals surface area contributed by atoms with Crippen molar-refractivity contribution < 1.29 is 0 Å². The molecule has 0 aliphatic carbocycles. The summed E-state index contributed by atoms with van der Waals surface area (Å²) in [5.41, 5.74) is 14.4. The first-order chi connectivity index (χ1) is 24.8. The summed E-state index contributed by atoms with van der Waals surface area (Å²) in [6.07, 6.45) is 0. The van der Waals surface area contributed by atoms with Crippen molar-refractivity contribution >= 4 is 43.6 Å². The summed E-state index contributed by atoms with van der Waals surface area (Å²) in [7, 11) is 0. The highest BCUT2D eigenvalue weighted by atomic mass is 15.0. The average Bonchev–Trinajstić information content (AvgIpc) is 3.71. The van der Waals surface area contributed by atoms with Gasteiger partial charge in [-0.15, -0.1) is 0 Å². The van der Waals surface area contributed by atoms with E-state index in [1.165, 1.54) is 82.7 Å². The highest BCUT2D eigenvalue weighted by Crippen LogP contribution is 2.38. The van der Waals surface area contributed by atoms with Crippen molar-refractivity contribution in [2.45, 2.75) is 0 Å². The van der Waals surface area contributed by atoms with Gasteiger partial charge in [-0.2, -0.15) is 0 Å². The smallest absolute Gasteiger partial charge is 0.0547 e. The van der Waals surface area contributed by atoms with E-state index < -0.39 is 0 Å². The molecule has 0 saturated heterocycles. The normalized spacial score (nSPS) is 11.6. The van der Waals surface area contributed by atoms with Crippen LogP contribution in [-0.2, 0) is 0 Å². The van der Waals surface area contributed by atoms with Crippen molar-refractivity contribution in [3.63, 3.8) is 0 Å². The Hall–Kier alpha value is -6.64. The van der Waals surface area contributed by atoms with E-state index in [1.807, 2.05) is 0 Å². The van der Waals surface area contributed by atoms with E-state index in [0.29, 0.717) is 0 Å². The molecule has 0 amide bonds. The molecule has 0 saturated carbocycles. The van der Waals surface area contributed by atoms with Crippen LogP contribution in [0.4, 0.5) is 0 Å². The number of rotatable bonds is 5. The predicted octanol–water partition coefficient (Wildman–Crippen LogP) is 12.9. The number of hydrogen-bond donors (Lipinski definition) is 0. The molecule has 0 aliphatic heterocycles. The van der Waals surface area contributed by atoms with Crippen molar-refractivity contribution in [2.75, 3.05) is 0 Å². The molecule has 10 aromatic rings. The Morgan fingerprint density at radius 3 is 1.40 bits per heavy atom. The fraction of sp³-hybridized carbons (Fsp3) is 0. The summed E-state index contributed by atoms with van der Waals surface area (Å²) >= 11 is 0. The largest absolute Gasteiger partial charge is 0.309 e. The Morgan fingerprint density at radius 1 is 0.220 bits per heavy atom. The summed E-state index contributed by atoms with van der Waals surface area (Å²) in [5.74, 6) is 0. The highest BCUT2D eigenvalue weighted by molar-refractivity contribution is 6.12. The zero-order chi connectivity index (χ0) is 33.0. The second-order valence-corrected chi connectivity index (χ2v) is 13.0. The summed E-state index contributed by atoms with van der Waals surface area (Å²) in [5, 5.41) is 5.03. The monoisotopic (exact) mass is 636 g/mol. The molecule has 0 fully saturated rings. The first-order valence-electron chi connectivity index (χ1n) is 17.2. The molecule has 0 bridgehead atoms. The topological polar surface area (TPSA) is 9.86 Å². The molecule has 2 heteroatoms. The van der Waals surface area contributed by atoms with E-state index in [-0.39, 0.29) is 0 Å². The van der Waals surface area contributed by atoms with Gasteiger partial charge in [0.25, 0.3) is 0 Å². The number of para-hydroxylation sites is 3. The van der Waals surface area contributed by atoms with Crippen LogP contribution < -0.4 is 0 Å². The summed E-state index contributed by atoms with van der Waals surface area (Å²) in [4.78, 5) is 0. The molecule has 0 radical (unpaired) electrons. The van der Waals surface area contributed by atoms with E-state index in [0.717, 1.165) is 5.69 Å². The van der Waals surface area contributed by atoms with Gasteiger partial charge in [-0.3, -0.25) is 0 Å². The third kappa shape index (κ3) is 4.57. The number of nitrogens with zero attached hydrogens (tertiary/aromatic N) is 2. The van der Waals surface area contributed by atoms with E-state index in [9.17, 15) is 0 Å². The first kappa shape index (κ1) is 28.4. The Kier molecular flexibility index (Phi) is 6.53. The van der Waals surface area contributed by atoms with Crippen LogP contribution in [0.1, 0.15) is 0 Å². The Bertz CT molecular complexity index is 2840. The van der Waals surface area contributed by atoms with Crippen LogP contribution in [-0.4, -0.2) is 9.13 Å². The molecule has 2 nitrogen and oxygen atoms in total. The van der Waals surface area contributed by atoms with Crippen LogP contribution >= 0.6 is 0 Å². The van der Waals surface area contributed by atoms with Crippen LogP contribution in [0.25, 0.3) is 88.4 Å². The number of fused-ring (bicyclic) bond motifs is 6. The van der Waals surface area contributed by atoms with Crippen molar-refractivity contribution in [2.24, 2.45) is 0 Å². The molecular weight excluding hydrogens is 605 g/mol. The van der Waals surface area contributed by atoms with Crippen LogP contribution in [0.5, 0.6) is 0 Å². The molecule has 10 rings (SSSR count). The Morgan fingerprint density at radius 2 is 0.660 bits per heavy atom. The van der Waals surface area contributed by atoms with Crippen molar-refractivity contribution in [1.29, 1.82) is 0 Å². The third-order valence-electron chi connectivity index (χ3n) is 10.1. The van der Waals surface area contributed by atoms with Gasteiger partial charge in [-0.05, 0) is 88.0 Å². The first-order valence-corrected chi connectivity index (χ1v) is 17.2. The second kappa shape index (κ2) is 11.5. The minimum absolute atomic E-state index is 1.15. The average molecular weight is 637 g/mol. The fourth-order valence-corrected chi connectivity index (χ4v) is 7.75. The lowest BCUT2D eigenvalue weighted by Crippen LogP contribution is -1.94. The van der Waals surface area contributed by atoms with Crippen molar-refractivity contribution in [3.8, 4) is 44.8 Å². The van der Waals surface area contributed by atoms with Gasteiger partial charge in [-0.1, -0.05) is 140 Å². The van der Waals surface area contributed by atoms with Crippen LogP contribution in [0.2, 0.25) is 0 Å². The molecule has 0 N–H and O–H groups in total. The molecular formula is C48H32N2. The maximum absolute atomic E-state index is 2.41.